The molecule has 1 aromatic rings. The molecule has 0 aliphatic heterocycles. The van der Waals surface area contributed by atoms with Gasteiger partial charge in [-0.2, -0.15) is 13.2 Å². The molecule has 78 valence electrons. The van der Waals surface area contributed by atoms with E-state index in [9.17, 15) is 13.2 Å². The third-order valence-corrected chi connectivity index (χ3v) is 2.67. The van der Waals surface area contributed by atoms with Crippen molar-refractivity contribution in [2.24, 2.45) is 0 Å². The molecule has 0 aromatic heterocycles. The van der Waals surface area contributed by atoms with Crippen LogP contribution >= 0.6 is 27.5 Å². The number of hydrogen-bond acceptors (Lipinski definition) is 1. The average Bonchev–Trinajstić information content (AvgIpc) is 2.06. The second-order valence-corrected chi connectivity index (χ2v) is 3.61. The molecule has 0 saturated heterocycles. The number of hydrogen-bond donors (Lipinski definition) is 1. The fraction of sp³-hybridized carbons (Fsp3) is 0.250. The Morgan fingerprint density at radius 3 is 2.36 bits per heavy atom. The van der Waals surface area contributed by atoms with E-state index in [1.807, 2.05) is 0 Å². The Bertz CT molecular complexity index is 351. The lowest BCUT2D eigenvalue weighted by atomic mass is 10.1. The number of anilines is 1. The molecule has 0 saturated carbocycles. The summed E-state index contributed by atoms with van der Waals surface area (Å²) in [5.74, 6) is 0. The van der Waals surface area contributed by atoms with Crippen molar-refractivity contribution in [2.45, 2.75) is 11.5 Å². The molecule has 1 rings (SSSR count). The minimum atomic E-state index is -4.47. The molecule has 0 atom stereocenters. The highest BCUT2D eigenvalue weighted by molar-refractivity contribution is 9.08. The lowest BCUT2D eigenvalue weighted by Gasteiger charge is -2.12. The molecule has 0 radical (unpaired) electrons. The van der Waals surface area contributed by atoms with E-state index in [2.05, 4.69) is 15.9 Å². The Morgan fingerprint density at radius 1 is 1.36 bits per heavy atom. The topological polar surface area (TPSA) is 26.0 Å². The highest BCUT2D eigenvalue weighted by Crippen LogP contribution is 2.38. The van der Waals surface area contributed by atoms with E-state index < -0.39 is 11.7 Å². The first-order chi connectivity index (χ1) is 6.36. The van der Waals surface area contributed by atoms with Gasteiger partial charge in [-0.05, 0) is 17.7 Å². The molecular formula is C8H6BrClF3N. The molecule has 0 spiro atoms. The van der Waals surface area contributed by atoms with Gasteiger partial charge in [0, 0.05) is 11.0 Å². The standard InChI is InChI=1S/C8H6BrClF3N/c9-3-4-1-5(14)2-6(7(4)10)8(11,12)13/h1-2H,3,14H2. The van der Waals surface area contributed by atoms with Crippen LogP contribution in [0.4, 0.5) is 18.9 Å². The molecule has 2 N–H and O–H groups in total. The maximum Gasteiger partial charge on any atom is 0.417 e. The van der Waals surface area contributed by atoms with Crippen molar-refractivity contribution in [1.29, 1.82) is 0 Å². The first-order valence-electron chi connectivity index (χ1n) is 3.57. The van der Waals surface area contributed by atoms with E-state index in [1.54, 1.807) is 0 Å². The van der Waals surface area contributed by atoms with Gasteiger partial charge in [0.25, 0.3) is 0 Å². The van der Waals surface area contributed by atoms with Crippen LogP contribution in [0, 0.1) is 0 Å². The Morgan fingerprint density at radius 2 is 1.93 bits per heavy atom. The van der Waals surface area contributed by atoms with Gasteiger partial charge in [-0.15, -0.1) is 0 Å². The van der Waals surface area contributed by atoms with E-state index in [4.69, 9.17) is 17.3 Å². The van der Waals surface area contributed by atoms with Crippen molar-refractivity contribution in [3.8, 4) is 0 Å². The van der Waals surface area contributed by atoms with Crippen molar-refractivity contribution < 1.29 is 13.2 Å². The van der Waals surface area contributed by atoms with Gasteiger partial charge in [-0.25, -0.2) is 0 Å². The summed E-state index contributed by atoms with van der Waals surface area (Å²) in [7, 11) is 0. The zero-order valence-electron chi connectivity index (χ0n) is 6.83. The third kappa shape index (κ3) is 2.33. The maximum atomic E-state index is 12.4. The second kappa shape index (κ2) is 3.98. The predicted molar refractivity (Wildman–Crippen MR) is 53.5 cm³/mol. The molecule has 0 amide bonds. The summed E-state index contributed by atoms with van der Waals surface area (Å²) in [6, 6.07) is 2.24. The van der Waals surface area contributed by atoms with Crippen LogP contribution in [0.3, 0.4) is 0 Å². The minimum absolute atomic E-state index is 0.0520. The maximum absolute atomic E-state index is 12.4. The molecule has 0 aliphatic rings. The smallest absolute Gasteiger partial charge is 0.399 e. The summed E-state index contributed by atoms with van der Waals surface area (Å²) in [4.78, 5) is 0. The van der Waals surface area contributed by atoms with Crippen molar-refractivity contribution in [1.82, 2.24) is 0 Å². The van der Waals surface area contributed by atoms with Crippen LogP contribution in [0.1, 0.15) is 11.1 Å². The molecule has 0 aliphatic carbocycles. The first-order valence-corrected chi connectivity index (χ1v) is 5.07. The van der Waals surface area contributed by atoms with Crippen LogP contribution in [0.15, 0.2) is 12.1 Å². The van der Waals surface area contributed by atoms with E-state index in [1.165, 1.54) is 6.07 Å². The fourth-order valence-electron chi connectivity index (χ4n) is 1.01. The lowest BCUT2D eigenvalue weighted by molar-refractivity contribution is -0.137. The average molecular weight is 288 g/mol. The Hall–Kier alpha value is -0.420. The van der Waals surface area contributed by atoms with Gasteiger partial charge in [-0.1, -0.05) is 27.5 Å². The largest absolute Gasteiger partial charge is 0.417 e. The van der Waals surface area contributed by atoms with E-state index in [0.717, 1.165) is 6.07 Å². The van der Waals surface area contributed by atoms with Gasteiger partial charge in [0.05, 0.1) is 10.6 Å². The van der Waals surface area contributed by atoms with Gasteiger partial charge in [0.15, 0.2) is 0 Å². The summed E-state index contributed by atoms with van der Waals surface area (Å²) < 4.78 is 37.2. The zero-order valence-corrected chi connectivity index (χ0v) is 9.17. The second-order valence-electron chi connectivity index (χ2n) is 2.67. The van der Waals surface area contributed by atoms with Crippen molar-refractivity contribution in [3.05, 3.63) is 28.3 Å². The lowest BCUT2D eigenvalue weighted by Crippen LogP contribution is -2.08. The number of halogens is 5. The molecule has 0 fully saturated rings. The van der Waals surface area contributed by atoms with Crippen LogP contribution in [0.25, 0.3) is 0 Å². The summed E-state index contributed by atoms with van der Waals surface area (Å²) in [5, 5.41) is -0.0662. The normalized spacial score (nSPS) is 11.8. The van der Waals surface area contributed by atoms with Gasteiger partial charge >= 0.3 is 6.18 Å². The molecule has 0 heterocycles. The summed E-state index contributed by atoms with van der Waals surface area (Å²) in [5.41, 5.74) is 4.81. The van der Waals surface area contributed by atoms with E-state index in [0.29, 0.717) is 5.56 Å². The molecule has 0 bridgehead atoms. The quantitative estimate of drug-likeness (QED) is 0.617. The molecule has 1 nitrogen and oxygen atoms in total. The van der Waals surface area contributed by atoms with Crippen LogP contribution in [0.2, 0.25) is 5.02 Å². The van der Waals surface area contributed by atoms with Crippen LogP contribution in [-0.4, -0.2) is 0 Å². The molecular weight excluding hydrogens is 282 g/mol. The Balaban J connectivity index is 3.37. The van der Waals surface area contributed by atoms with E-state index >= 15 is 0 Å². The van der Waals surface area contributed by atoms with Crippen LogP contribution < -0.4 is 5.73 Å². The SMILES string of the molecule is Nc1cc(CBr)c(Cl)c(C(F)(F)F)c1. The highest BCUT2D eigenvalue weighted by atomic mass is 79.9. The number of alkyl halides is 4. The monoisotopic (exact) mass is 287 g/mol. The number of benzene rings is 1. The number of rotatable bonds is 1. The fourth-order valence-corrected chi connectivity index (χ4v) is 1.90. The number of nitrogens with two attached hydrogens (primary N) is 1. The van der Waals surface area contributed by atoms with Crippen LogP contribution in [-0.2, 0) is 11.5 Å². The van der Waals surface area contributed by atoms with Crippen LogP contribution in [0.5, 0.6) is 0 Å². The van der Waals surface area contributed by atoms with Gasteiger partial charge in [0.2, 0.25) is 0 Å². The van der Waals surface area contributed by atoms with E-state index in [-0.39, 0.29) is 16.0 Å². The summed E-state index contributed by atoms with van der Waals surface area (Å²) >= 11 is 8.60. The summed E-state index contributed by atoms with van der Waals surface area (Å²) in [6.45, 7) is 0. The predicted octanol–water partition coefficient (Wildman–Crippen LogP) is 3.84. The molecule has 1 aromatic carbocycles. The van der Waals surface area contributed by atoms with Crippen molar-refractivity contribution in [2.75, 3.05) is 5.73 Å². The molecule has 14 heavy (non-hydrogen) atoms. The van der Waals surface area contributed by atoms with Gasteiger partial charge < -0.3 is 5.73 Å². The first kappa shape index (κ1) is 11.7. The highest BCUT2D eigenvalue weighted by Gasteiger charge is 2.34. The Labute approximate surface area is 92.2 Å². The molecule has 6 heteroatoms. The minimum Gasteiger partial charge on any atom is -0.399 e. The van der Waals surface area contributed by atoms with Gasteiger partial charge in [0.1, 0.15) is 0 Å². The zero-order chi connectivity index (χ0) is 10.9. The van der Waals surface area contributed by atoms with Crippen molar-refractivity contribution in [3.63, 3.8) is 0 Å². The van der Waals surface area contributed by atoms with Crippen molar-refractivity contribution >= 4 is 33.2 Å². The number of nitrogen functional groups attached to an aromatic ring is 1. The van der Waals surface area contributed by atoms with Gasteiger partial charge in [-0.3, -0.25) is 0 Å². The third-order valence-electron chi connectivity index (χ3n) is 1.62. The molecule has 0 unspecified atom stereocenters. The Kier molecular flexibility index (Phi) is 3.32. The summed E-state index contributed by atoms with van der Waals surface area (Å²) in [6.07, 6.45) is -4.47.